The molecule has 0 aliphatic rings. The van der Waals surface area contributed by atoms with Gasteiger partial charge >= 0.3 is 0 Å². The average Bonchev–Trinajstić information content (AvgIpc) is 2.37. The van der Waals surface area contributed by atoms with Gasteiger partial charge in [0.2, 0.25) is 0 Å². The number of ether oxygens (including phenoxy) is 1. The van der Waals surface area contributed by atoms with E-state index in [-0.39, 0.29) is 0 Å². The Bertz CT molecular complexity index is 485. The number of anilines is 1. The standard InChI is InChI=1S/C13H13BrN2O/c1-17-12-7-5-10(6-8-12)15-9-11-3-2-4-13(14)16-11/h2-8,15H,9H2,1H3. The molecule has 2 rings (SSSR count). The third-order valence-corrected chi connectivity index (χ3v) is 2.78. The summed E-state index contributed by atoms with van der Waals surface area (Å²) >= 11 is 3.35. The molecule has 0 radical (unpaired) electrons. The maximum absolute atomic E-state index is 5.10. The molecule has 0 unspecified atom stereocenters. The Morgan fingerprint density at radius 2 is 1.94 bits per heavy atom. The molecular weight excluding hydrogens is 280 g/mol. The minimum atomic E-state index is 0.700. The number of hydrogen-bond donors (Lipinski definition) is 1. The Hall–Kier alpha value is -1.55. The zero-order valence-corrected chi connectivity index (χ0v) is 11.1. The summed E-state index contributed by atoms with van der Waals surface area (Å²) in [7, 11) is 1.66. The minimum absolute atomic E-state index is 0.700. The molecule has 0 aliphatic carbocycles. The lowest BCUT2D eigenvalue weighted by atomic mass is 10.3. The maximum Gasteiger partial charge on any atom is 0.119 e. The first-order valence-corrected chi connectivity index (χ1v) is 6.06. The van der Waals surface area contributed by atoms with Crippen LogP contribution in [0.4, 0.5) is 5.69 Å². The summed E-state index contributed by atoms with van der Waals surface area (Å²) in [5, 5.41) is 3.30. The fourth-order valence-corrected chi connectivity index (χ4v) is 1.83. The van der Waals surface area contributed by atoms with Gasteiger partial charge in [-0.25, -0.2) is 4.98 Å². The van der Waals surface area contributed by atoms with Gasteiger partial charge in [0.05, 0.1) is 19.3 Å². The van der Waals surface area contributed by atoms with Crippen molar-refractivity contribution in [1.29, 1.82) is 0 Å². The van der Waals surface area contributed by atoms with Crippen LogP contribution in [-0.2, 0) is 6.54 Å². The summed E-state index contributed by atoms with van der Waals surface area (Å²) in [6, 6.07) is 13.7. The van der Waals surface area contributed by atoms with Crippen LogP contribution in [0.1, 0.15) is 5.69 Å². The molecule has 17 heavy (non-hydrogen) atoms. The first-order chi connectivity index (χ1) is 8.28. The third-order valence-electron chi connectivity index (χ3n) is 2.34. The van der Waals surface area contributed by atoms with Gasteiger partial charge in [-0.3, -0.25) is 0 Å². The highest BCUT2D eigenvalue weighted by Crippen LogP contribution is 2.15. The van der Waals surface area contributed by atoms with Gasteiger partial charge in [0, 0.05) is 5.69 Å². The quantitative estimate of drug-likeness (QED) is 0.877. The number of halogens is 1. The number of hydrogen-bond acceptors (Lipinski definition) is 3. The molecule has 1 aromatic heterocycles. The molecule has 0 bridgehead atoms. The SMILES string of the molecule is COc1ccc(NCc2cccc(Br)n2)cc1. The van der Waals surface area contributed by atoms with Crippen molar-refractivity contribution in [3.05, 3.63) is 52.8 Å². The minimum Gasteiger partial charge on any atom is -0.497 e. The number of methoxy groups -OCH3 is 1. The molecule has 0 amide bonds. The fourth-order valence-electron chi connectivity index (χ4n) is 1.45. The summed E-state index contributed by atoms with van der Waals surface area (Å²) in [5.41, 5.74) is 2.04. The van der Waals surface area contributed by atoms with Crippen LogP contribution in [0.3, 0.4) is 0 Å². The van der Waals surface area contributed by atoms with Gasteiger partial charge in [-0.15, -0.1) is 0 Å². The van der Waals surface area contributed by atoms with Gasteiger partial charge in [0.15, 0.2) is 0 Å². The van der Waals surface area contributed by atoms with Crippen LogP contribution in [0.2, 0.25) is 0 Å². The summed E-state index contributed by atoms with van der Waals surface area (Å²) in [5.74, 6) is 0.858. The Balaban J connectivity index is 1.97. The van der Waals surface area contributed by atoms with E-state index in [1.165, 1.54) is 0 Å². The predicted molar refractivity (Wildman–Crippen MR) is 72.3 cm³/mol. The normalized spacial score (nSPS) is 10.0. The van der Waals surface area contributed by atoms with E-state index < -0.39 is 0 Å². The Morgan fingerprint density at radius 3 is 2.59 bits per heavy atom. The highest BCUT2D eigenvalue weighted by molar-refractivity contribution is 9.10. The van der Waals surface area contributed by atoms with E-state index in [0.717, 1.165) is 21.7 Å². The number of aromatic nitrogens is 1. The summed E-state index contributed by atoms with van der Waals surface area (Å²) < 4.78 is 5.95. The summed E-state index contributed by atoms with van der Waals surface area (Å²) in [6.45, 7) is 0.700. The van der Waals surface area contributed by atoms with Crippen LogP contribution in [0.25, 0.3) is 0 Å². The van der Waals surface area contributed by atoms with Crippen LogP contribution < -0.4 is 10.1 Å². The smallest absolute Gasteiger partial charge is 0.119 e. The molecule has 0 aliphatic heterocycles. The molecular formula is C13H13BrN2O. The Morgan fingerprint density at radius 1 is 1.18 bits per heavy atom. The Labute approximate surface area is 109 Å². The molecule has 1 aromatic carbocycles. The van der Waals surface area contributed by atoms with E-state index >= 15 is 0 Å². The number of nitrogens with one attached hydrogen (secondary N) is 1. The van der Waals surface area contributed by atoms with Crippen molar-refractivity contribution in [2.75, 3.05) is 12.4 Å². The van der Waals surface area contributed by atoms with Gasteiger partial charge in [-0.2, -0.15) is 0 Å². The lowest BCUT2D eigenvalue weighted by Gasteiger charge is -2.07. The highest BCUT2D eigenvalue weighted by Gasteiger charge is 1.97. The summed E-state index contributed by atoms with van der Waals surface area (Å²) in [4.78, 5) is 4.35. The van der Waals surface area contributed by atoms with Crippen molar-refractivity contribution >= 4 is 21.6 Å². The van der Waals surface area contributed by atoms with Crippen molar-refractivity contribution in [2.24, 2.45) is 0 Å². The predicted octanol–water partition coefficient (Wildman–Crippen LogP) is 3.46. The third kappa shape index (κ3) is 3.46. The topological polar surface area (TPSA) is 34.1 Å². The van der Waals surface area contributed by atoms with Gasteiger partial charge < -0.3 is 10.1 Å². The molecule has 88 valence electrons. The Kier molecular flexibility index (Phi) is 3.98. The maximum atomic E-state index is 5.10. The van der Waals surface area contributed by atoms with Crippen LogP contribution >= 0.6 is 15.9 Å². The van der Waals surface area contributed by atoms with Crippen molar-refractivity contribution in [3.63, 3.8) is 0 Å². The zero-order valence-electron chi connectivity index (χ0n) is 9.48. The lowest BCUT2D eigenvalue weighted by molar-refractivity contribution is 0.415. The zero-order chi connectivity index (χ0) is 12.1. The molecule has 3 nitrogen and oxygen atoms in total. The van der Waals surface area contributed by atoms with Crippen LogP contribution in [0.15, 0.2) is 47.1 Å². The van der Waals surface area contributed by atoms with Crippen LogP contribution in [-0.4, -0.2) is 12.1 Å². The highest BCUT2D eigenvalue weighted by atomic mass is 79.9. The van der Waals surface area contributed by atoms with E-state index in [2.05, 4.69) is 26.2 Å². The first kappa shape index (κ1) is 11.9. The first-order valence-electron chi connectivity index (χ1n) is 5.27. The monoisotopic (exact) mass is 292 g/mol. The molecule has 0 fully saturated rings. The molecule has 1 N–H and O–H groups in total. The number of pyridine rings is 1. The van der Waals surface area contributed by atoms with Gasteiger partial charge in [-0.05, 0) is 52.3 Å². The number of rotatable bonds is 4. The van der Waals surface area contributed by atoms with Crippen molar-refractivity contribution in [2.45, 2.75) is 6.54 Å². The van der Waals surface area contributed by atoms with E-state index in [1.807, 2.05) is 42.5 Å². The van der Waals surface area contributed by atoms with Crippen molar-refractivity contribution in [1.82, 2.24) is 4.98 Å². The van der Waals surface area contributed by atoms with Gasteiger partial charge in [0.1, 0.15) is 10.4 Å². The lowest BCUT2D eigenvalue weighted by Crippen LogP contribution is -2.01. The number of nitrogens with zero attached hydrogens (tertiary/aromatic N) is 1. The van der Waals surface area contributed by atoms with E-state index in [4.69, 9.17) is 4.74 Å². The van der Waals surface area contributed by atoms with Gasteiger partial charge in [-0.1, -0.05) is 6.07 Å². The van der Waals surface area contributed by atoms with Crippen molar-refractivity contribution < 1.29 is 4.74 Å². The van der Waals surface area contributed by atoms with Gasteiger partial charge in [0.25, 0.3) is 0 Å². The molecule has 0 spiro atoms. The largest absolute Gasteiger partial charge is 0.497 e. The molecule has 4 heteroatoms. The second-order valence-corrected chi connectivity index (χ2v) is 4.35. The second kappa shape index (κ2) is 5.68. The van der Waals surface area contributed by atoms with E-state index in [1.54, 1.807) is 7.11 Å². The van der Waals surface area contributed by atoms with E-state index in [9.17, 15) is 0 Å². The van der Waals surface area contributed by atoms with E-state index in [0.29, 0.717) is 6.54 Å². The molecule has 0 saturated carbocycles. The molecule has 0 atom stereocenters. The van der Waals surface area contributed by atoms with Crippen molar-refractivity contribution in [3.8, 4) is 5.75 Å². The molecule has 0 saturated heterocycles. The summed E-state index contributed by atoms with van der Waals surface area (Å²) in [6.07, 6.45) is 0. The fraction of sp³-hybridized carbons (Fsp3) is 0.154. The number of benzene rings is 1. The second-order valence-electron chi connectivity index (χ2n) is 3.53. The van der Waals surface area contributed by atoms with Crippen LogP contribution in [0.5, 0.6) is 5.75 Å². The molecule has 2 aromatic rings. The van der Waals surface area contributed by atoms with Crippen LogP contribution in [0, 0.1) is 0 Å². The average molecular weight is 293 g/mol. The molecule has 1 heterocycles.